The van der Waals surface area contributed by atoms with Gasteiger partial charge in [0, 0.05) is 6.20 Å². The highest BCUT2D eigenvalue weighted by atomic mass is 16.5. The fourth-order valence-corrected chi connectivity index (χ4v) is 3.74. The topological polar surface area (TPSA) is 27.1 Å². The lowest BCUT2D eigenvalue weighted by molar-refractivity contribution is 0.414. The Morgan fingerprint density at radius 1 is 0.741 bits per heavy atom. The highest BCUT2D eigenvalue weighted by Gasteiger charge is 2.38. The summed E-state index contributed by atoms with van der Waals surface area (Å²) in [5.41, 5.74) is 3.98. The van der Waals surface area contributed by atoms with Crippen LogP contribution in [0.3, 0.4) is 0 Å². The van der Waals surface area contributed by atoms with Crippen LogP contribution in [0.5, 0.6) is 5.75 Å². The fraction of sp³-hybridized carbons (Fsp3) is 0.125. The molecule has 0 aliphatic rings. The van der Waals surface area contributed by atoms with Crippen molar-refractivity contribution in [2.45, 2.75) is 12.5 Å². The van der Waals surface area contributed by atoms with Gasteiger partial charge in [0.2, 0.25) is 0 Å². The molecule has 4 aromatic rings. The van der Waals surface area contributed by atoms with Gasteiger partial charge in [0.1, 0.15) is 11.3 Å². The summed E-state index contributed by atoms with van der Waals surface area (Å²) in [5.74, 6) is 0.843. The van der Waals surface area contributed by atoms with Gasteiger partial charge in [-0.2, -0.15) is 0 Å². The zero-order valence-corrected chi connectivity index (χ0v) is 15.5. The molecule has 0 saturated heterocycles. The number of ether oxygens (including phenoxy) is 1. The Morgan fingerprint density at radius 3 is 1.70 bits per heavy atom. The van der Waals surface area contributed by atoms with E-state index in [0.29, 0.717) is 0 Å². The van der Waals surface area contributed by atoms with Crippen LogP contribution in [0.4, 0.5) is 0 Å². The van der Waals surface area contributed by atoms with E-state index >= 15 is 0 Å². The number of aryl methyl sites for hydroxylation is 1. The van der Waals surface area contributed by atoms with E-state index in [1.807, 2.05) is 37.5 Å². The van der Waals surface area contributed by atoms with Crippen LogP contribution in [0, 0.1) is 6.92 Å². The molecule has 27 heavy (non-hydrogen) atoms. The molecule has 3 nitrogen and oxygen atoms in total. The Hall–Kier alpha value is -3.33. The van der Waals surface area contributed by atoms with Crippen LogP contribution in [-0.4, -0.2) is 16.7 Å². The van der Waals surface area contributed by atoms with E-state index in [1.54, 1.807) is 7.11 Å². The van der Waals surface area contributed by atoms with Gasteiger partial charge in [-0.25, -0.2) is 4.98 Å². The van der Waals surface area contributed by atoms with Crippen LogP contribution in [0.15, 0.2) is 97.5 Å². The summed E-state index contributed by atoms with van der Waals surface area (Å²) in [5, 5.41) is 0. The third-order valence-corrected chi connectivity index (χ3v) is 4.99. The molecule has 0 saturated carbocycles. The fourth-order valence-electron chi connectivity index (χ4n) is 3.74. The van der Waals surface area contributed by atoms with Gasteiger partial charge in [-0.1, -0.05) is 72.8 Å². The molecule has 4 rings (SSSR count). The van der Waals surface area contributed by atoms with Crippen molar-refractivity contribution in [3.8, 4) is 5.75 Å². The average Bonchev–Trinajstić information content (AvgIpc) is 3.17. The van der Waals surface area contributed by atoms with Gasteiger partial charge in [-0.3, -0.25) is 0 Å². The minimum absolute atomic E-state index is 0.518. The molecule has 0 spiro atoms. The Balaban J connectivity index is 2.08. The van der Waals surface area contributed by atoms with E-state index in [4.69, 9.17) is 4.74 Å². The second kappa shape index (κ2) is 7.12. The van der Waals surface area contributed by atoms with E-state index in [1.165, 1.54) is 11.1 Å². The number of hydrogen-bond acceptors (Lipinski definition) is 2. The average molecular weight is 354 g/mol. The molecule has 0 aliphatic carbocycles. The largest absolute Gasteiger partial charge is 0.497 e. The van der Waals surface area contributed by atoms with E-state index in [2.05, 4.69) is 76.4 Å². The lowest BCUT2D eigenvalue weighted by Gasteiger charge is -2.37. The summed E-state index contributed by atoms with van der Waals surface area (Å²) in [6, 6.07) is 29.4. The first-order valence-electron chi connectivity index (χ1n) is 9.02. The van der Waals surface area contributed by atoms with Gasteiger partial charge in [-0.05, 0) is 35.7 Å². The Morgan fingerprint density at radius 2 is 1.26 bits per heavy atom. The molecular formula is C24H22N2O. The molecule has 3 aromatic carbocycles. The maximum absolute atomic E-state index is 5.38. The van der Waals surface area contributed by atoms with Crippen LogP contribution in [0.25, 0.3) is 0 Å². The molecule has 1 heterocycles. The summed E-state index contributed by atoms with van der Waals surface area (Å²) in [7, 11) is 1.69. The summed E-state index contributed by atoms with van der Waals surface area (Å²) >= 11 is 0. The SMILES string of the molecule is COc1ccc(C(c2ccccc2)(c2ccccc2)n2cnc(C)c2)cc1. The van der Waals surface area contributed by atoms with Gasteiger partial charge >= 0.3 is 0 Å². The monoisotopic (exact) mass is 354 g/mol. The highest BCUT2D eigenvalue weighted by Crippen LogP contribution is 2.41. The second-order valence-electron chi connectivity index (χ2n) is 6.59. The first-order chi connectivity index (χ1) is 13.2. The van der Waals surface area contributed by atoms with Crippen molar-refractivity contribution < 1.29 is 4.74 Å². The molecule has 0 aliphatic heterocycles. The highest BCUT2D eigenvalue weighted by molar-refractivity contribution is 5.51. The number of rotatable bonds is 5. The van der Waals surface area contributed by atoms with Crippen LogP contribution in [0.2, 0.25) is 0 Å². The Labute approximate surface area is 159 Å². The first kappa shape index (κ1) is 17.1. The third kappa shape index (κ3) is 2.91. The normalized spacial score (nSPS) is 11.3. The maximum atomic E-state index is 5.38. The van der Waals surface area contributed by atoms with Crippen molar-refractivity contribution >= 4 is 0 Å². The lowest BCUT2D eigenvalue weighted by Crippen LogP contribution is -2.36. The minimum atomic E-state index is -0.518. The molecular weight excluding hydrogens is 332 g/mol. The minimum Gasteiger partial charge on any atom is -0.497 e. The van der Waals surface area contributed by atoms with Gasteiger partial charge < -0.3 is 9.30 Å². The quantitative estimate of drug-likeness (QED) is 0.470. The van der Waals surface area contributed by atoms with Crippen molar-refractivity contribution in [1.82, 2.24) is 9.55 Å². The molecule has 0 N–H and O–H groups in total. The molecule has 0 unspecified atom stereocenters. The first-order valence-corrected chi connectivity index (χ1v) is 9.02. The van der Waals surface area contributed by atoms with E-state index in [9.17, 15) is 0 Å². The number of aromatic nitrogens is 2. The summed E-state index contributed by atoms with van der Waals surface area (Å²) < 4.78 is 7.59. The van der Waals surface area contributed by atoms with Crippen LogP contribution in [-0.2, 0) is 5.54 Å². The van der Waals surface area contributed by atoms with Gasteiger partial charge in [0.15, 0.2) is 0 Å². The predicted octanol–water partition coefficient (Wildman–Crippen LogP) is 5.04. The summed E-state index contributed by atoms with van der Waals surface area (Å²) in [4.78, 5) is 4.53. The van der Waals surface area contributed by atoms with E-state index in [-0.39, 0.29) is 0 Å². The molecule has 0 amide bonds. The van der Waals surface area contributed by atoms with Crippen molar-refractivity contribution in [2.75, 3.05) is 7.11 Å². The molecule has 1 aromatic heterocycles. The third-order valence-electron chi connectivity index (χ3n) is 4.99. The van der Waals surface area contributed by atoms with Gasteiger partial charge in [-0.15, -0.1) is 0 Å². The number of imidazole rings is 1. The molecule has 0 fully saturated rings. The molecule has 0 radical (unpaired) electrons. The van der Waals surface area contributed by atoms with Crippen LogP contribution < -0.4 is 4.74 Å². The van der Waals surface area contributed by atoms with Crippen LogP contribution in [0.1, 0.15) is 22.4 Å². The standard InChI is InChI=1S/C24H22N2O/c1-19-17-26(18-25-19)24(20-9-5-3-6-10-20,21-11-7-4-8-12-21)22-13-15-23(27-2)16-14-22/h3-18H,1-2H3. The predicted molar refractivity (Wildman–Crippen MR) is 108 cm³/mol. The summed E-state index contributed by atoms with van der Waals surface area (Å²) in [6.07, 6.45) is 4.02. The lowest BCUT2D eigenvalue weighted by atomic mass is 9.76. The van der Waals surface area contributed by atoms with E-state index in [0.717, 1.165) is 17.0 Å². The number of nitrogens with zero attached hydrogens (tertiary/aromatic N) is 2. The van der Waals surface area contributed by atoms with Gasteiger partial charge in [0.05, 0.1) is 19.1 Å². The molecule has 0 atom stereocenters. The van der Waals surface area contributed by atoms with Gasteiger partial charge in [0.25, 0.3) is 0 Å². The second-order valence-corrected chi connectivity index (χ2v) is 6.59. The van der Waals surface area contributed by atoms with E-state index < -0.39 is 5.54 Å². The van der Waals surface area contributed by atoms with Crippen molar-refractivity contribution in [3.05, 3.63) is 120 Å². The molecule has 134 valence electrons. The zero-order valence-electron chi connectivity index (χ0n) is 15.5. The number of hydrogen-bond donors (Lipinski definition) is 0. The van der Waals surface area contributed by atoms with Crippen LogP contribution >= 0.6 is 0 Å². The number of methoxy groups -OCH3 is 1. The molecule has 0 bridgehead atoms. The number of benzene rings is 3. The maximum Gasteiger partial charge on any atom is 0.121 e. The van der Waals surface area contributed by atoms with Crippen molar-refractivity contribution in [2.24, 2.45) is 0 Å². The Bertz CT molecular complexity index is 966. The zero-order chi connectivity index (χ0) is 18.7. The molecule has 3 heteroatoms. The summed E-state index contributed by atoms with van der Waals surface area (Å²) in [6.45, 7) is 2.02. The van der Waals surface area contributed by atoms with Crippen molar-refractivity contribution in [1.29, 1.82) is 0 Å². The smallest absolute Gasteiger partial charge is 0.121 e. The Kier molecular flexibility index (Phi) is 4.51. The van der Waals surface area contributed by atoms with Crippen molar-refractivity contribution in [3.63, 3.8) is 0 Å².